The van der Waals surface area contributed by atoms with Crippen molar-refractivity contribution in [2.24, 2.45) is 0 Å². The fourth-order valence-electron chi connectivity index (χ4n) is 2.93. The molecule has 116 valence electrons. The van der Waals surface area contributed by atoms with Gasteiger partial charge in [-0.15, -0.1) is 0 Å². The fraction of sp³-hybridized carbons (Fsp3) is 0.333. The van der Waals surface area contributed by atoms with Crippen LogP contribution in [0.25, 0.3) is 0 Å². The van der Waals surface area contributed by atoms with Crippen molar-refractivity contribution in [3.8, 4) is 11.5 Å². The van der Waals surface area contributed by atoms with Crippen molar-refractivity contribution in [1.29, 1.82) is 0 Å². The van der Waals surface area contributed by atoms with Crippen molar-refractivity contribution in [3.63, 3.8) is 0 Å². The highest BCUT2D eigenvalue weighted by Crippen LogP contribution is 2.37. The average Bonchev–Trinajstić information content (AvgIpc) is 3.03. The third kappa shape index (κ3) is 3.08. The van der Waals surface area contributed by atoms with Gasteiger partial charge in [0.1, 0.15) is 0 Å². The van der Waals surface area contributed by atoms with E-state index >= 15 is 0 Å². The molecule has 0 spiro atoms. The maximum Gasteiger partial charge on any atom is 0.231 e. The lowest BCUT2D eigenvalue weighted by atomic mass is 10.0. The summed E-state index contributed by atoms with van der Waals surface area (Å²) in [5.41, 5.74) is 2.32. The van der Waals surface area contributed by atoms with Gasteiger partial charge in [-0.3, -0.25) is 4.90 Å². The first kappa shape index (κ1) is 14.9. The maximum absolute atomic E-state index is 9.40. The minimum absolute atomic E-state index is 0.163. The number of aliphatic hydroxyl groups excluding tert-OH is 1. The highest BCUT2D eigenvalue weighted by atomic mass is 16.7. The summed E-state index contributed by atoms with van der Waals surface area (Å²) < 4.78 is 11.0. The highest BCUT2D eigenvalue weighted by Gasteiger charge is 2.21. The zero-order chi connectivity index (χ0) is 15.4. The number of aliphatic hydroxyl groups is 1. The SMILES string of the molecule is CN(Cc1cccc2c1OCO2)C(CCO)c1ccccc1. The number of fused-ring (bicyclic) bond motifs is 1. The normalized spacial score (nSPS) is 14.3. The Bertz CT molecular complexity index is 615. The molecule has 0 aliphatic carbocycles. The van der Waals surface area contributed by atoms with Crippen LogP contribution in [0.5, 0.6) is 11.5 Å². The van der Waals surface area contributed by atoms with E-state index in [1.807, 2.05) is 30.3 Å². The number of hydrogen-bond acceptors (Lipinski definition) is 4. The summed E-state index contributed by atoms with van der Waals surface area (Å²) in [7, 11) is 2.07. The molecule has 0 amide bonds. The molecule has 2 aromatic carbocycles. The fourth-order valence-corrected chi connectivity index (χ4v) is 2.93. The minimum Gasteiger partial charge on any atom is -0.454 e. The highest BCUT2D eigenvalue weighted by molar-refractivity contribution is 5.48. The Morgan fingerprint density at radius 1 is 1.09 bits per heavy atom. The Morgan fingerprint density at radius 2 is 1.91 bits per heavy atom. The van der Waals surface area contributed by atoms with Crippen molar-refractivity contribution in [3.05, 3.63) is 59.7 Å². The molecule has 1 N–H and O–H groups in total. The second-order valence-corrected chi connectivity index (χ2v) is 5.50. The molecule has 0 saturated heterocycles. The van der Waals surface area contributed by atoms with Crippen LogP contribution in [0, 0.1) is 0 Å². The lowest BCUT2D eigenvalue weighted by molar-refractivity contribution is 0.166. The van der Waals surface area contributed by atoms with Gasteiger partial charge in [0, 0.05) is 24.8 Å². The maximum atomic E-state index is 9.40. The molecule has 1 aliphatic heterocycles. The molecule has 1 heterocycles. The van der Waals surface area contributed by atoms with Gasteiger partial charge in [0.25, 0.3) is 0 Å². The quantitative estimate of drug-likeness (QED) is 0.890. The van der Waals surface area contributed by atoms with E-state index in [0.29, 0.717) is 6.42 Å². The standard InChI is InChI=1S/C18H21NO3/c1-19(16(10-11-20)14-6-3-2-4-7-14)12-15-8-5-9-17-18(15)22-13-21-17/h2-9,16,20H,10-13H2,1H3. The van der Waals surface area contributed by atoms with E-state index in [0.717, 1.165) is 23.6 Å². The summed E-state index contributed by atoms with van der Waals surface area (Å²) in [5.74, 6) is 1.65. The zero-order valence-corrected chi connectivity index (χ0v) is 12.7. The Hall–Kier alpha value is -2.04. The van der Waals surface area contributed by atoms with Crippen molar-refractivity contribution in [1.82, 2.24) is 4.90 Å². The van der Waals surface area contributed by atoms with E-state index in [2.05, 4.69) is 30.1 Å². The molecule has 1 aliphatic rings. The Morgan fingerprint density at radius 3 is 2.68 bits per heavy atom. The topological polar surface area (TPSA) is 41.9 Å². The van der Waals surface area contributed by atoms with Crippen molar-refractivity contribution >= 4 is 0 Å². The predicted octanol–water partition coefficient (Wildman–Crippen LogP) is 2.97. The van der Waals surface area contributed by atoms with E-state index in [-0.39, 0.29) is 19.4 Å². The Kier molecular flexibility index (Phi) is 4.61. The van der Waals surface area contributed by atoms with Crippen LogP contribution in [0.15, 0.2) is 48.5 Å². The zero-order valence-electron chi connectivity index (χ0n) is 12.7. The van der Waals surface area contributed by atoms with Crippen molar-refractivity contribution in [2.75, 3.05) is 20.4 Å². The van der Waals surface area contributed by atoms with E-state index in [1.54, 1.807) is 0 Å². The summed E-state index contributed by atoms with van der Waals surface area (Å²) in [4.78, 5) is 2.24. The third-order valence-corrected chi connectivity index (χ3v) is 4.02. The summed E-state index contributed by atoms with van der Waals surface area (Å²) in [6, 6.07) is 16.4. The number of hydrogen-bond donors (Lipinski definition) is 1. The van der Waals surface area contributed by atoms with Gasteiger partial charge in [0.15, 0.2) is 11.5 Å². The van der Waals surface area contributed by atoms with Gasteiger partial charge in [-0.05, 0) is 25.1 Å². The first-order valence-corrected chi connectivity index (χ1v) is 7.53. The monoisotopic (exact) mass is 299 g/mol. The van der Waals surface area contributed by atoms with Gasteiger partial charge in [0.2, 0.25) is 6.79 Å². The van der Waals surface area contributed by atoms with Crippen LogP contribution in [0.2, 0.25) is 0 Å². The number of para-hydroxylation sites is 1. The summed E-state index contributed by atoms with van der Waals surface area (Å²) in [6.45, 7) is 1.19. The van der Waals surface area contributed by atoms with Crippen LogP contribution in [0.4, 0.5) is 0 Å². The van der Waals surface area contributed by atoms with Crippen LogP contribution >= 0.6 is 0 Å². The third-order valence-electron chi connectivity index (χ3n) is 4.02. The number of benzene rings is 2. The lowest BCUT2D eigenvalue weighted by Gasteiger charge is -2.28. The van der Waals surface area contributed by atoms with Crippen molar-refractivity contribution < 1.29 is 14.6 Å². The second kappa shape index (κ2) is 6.81. The molecule has 0 aromatic heterocycles. The number of nitrogens with zero attached hydrogens (tertiary/aromatic N) is 1. The molecule has 2 aromatic rings. The van der Waals surface area contributed by atoms with Gasteiger partial charge in [-0.2, -0.15) is 0 Å². The summed E-state index contributed by atoms with van der Waals surface area (Å²) >= 11 is 0. The Balaban J connectivity index is 1.80. The molecular formula is C18H21NO3. The summed E-state index contributed by atoms with van der Waals surface area (Å²) in [5, 5.41) is 9.40. The average molecular weight is 299 g/mol. The molecule has 1 unspecified atom stereocenters. The number of ether oxygens (including phenoxy) is 2. The van der Waals surface area contributed by atoms with E-state index in [1.165, 1.54) is 5.56 Å². The molecule has 1 atom stereocenters. The first-order chi connectivity index (χ1) is 10.8. The lowest BCUT2D eigenvalue weighted by Crippen LogP contribution is -2.25. The van der Waals surface area contributed by atoms with Crippen LogP contribution < -0.4 is 9.47 Å². The summed E-state index contributed by atoms with van der Waals surface area (Å²) in [6.07, 6.45) is 0.701. The molecule has 0 radical (unpaired) electrons. The number of rotatable bonds is 6. The molecule has 22 heavy (non-hydrogen) atoms. The van der Waals surface area contributed by atoms with E-state index < -0.39 is 0 Å². The smallest absolute Gasteiger partial charge is 0.231 e. The van der Waals surface area contributed by atoms with Gasteiger partial charge in [0.05, 0.1) is 0 Å². The minimum atomic E-state index is 0.163. The molecular weight excluding hydrogens is 278 g/mol. The van der Waals surface area contributed by atoms with Gasteiger partial charge in [-0.25, -0.2) is 0 Å². The predicted molar refractivity (Wildman–Crippen MR) is 84.9 cm³/mol. The van der Waals surface area contributed by atoms with Crippen LogP contribution in [0.3, 0.4) is 0 Å². The van der Waals surface area contributed by atoms with Crippen LogP contribution in [0.1, 0.15) is 23.6 Å². The largest absolute Gasteiger partial charge is 0.454 e. The molecule has 4 heteroatoms. The van der Waals surface area contributed by atoms with Gasteiger partial charge >= 0.3 is 0 Å². The van der Waals surface area contributed by atoms with Gasteiger partial charge in [-0.1, -0.05) is 42.5 Å². The second-order valence-electron chi connectivity index (χ2n) is 5.50. The first-order valence-electron chi connectivity index (χ1n) is 7.53. The molecule has 0 saturated carbocycles. The van der Waals surface area contributed by atoms with E-state index in [9.17, 15) is 5.11 Å². The van der Waals surface area contributed by atoms with Crippen LogP contribution in [-0.4, -0.2) is 30.5 Å². The van der Waals surface area contributed by atoms with Crippen LogP contribution in [-0.2, 0) is 6.54 Å². The van der Waals surface area contributed by atoms with Gasteiger partial charge < -0.3 is 14.6 Å². The molecule has 4 nitrogen and oxygen atoms in total. The molecule has 0 bridgehead atoms. The Labute approximate surface area is 130 Å². The molecule has 3 rings (SSSR count). The van der Waals surface area contributed by atoms with Crippen molar-refractivity contribution in [2.45, 2.75) is 19.0 Å². The van der Waals surface area contributed by atoms with E-state index in [4.69, 9.17) is 9.47 Å². The molecule has 0 fully saturated rings.